The number of thiazole rings is 1. The van der Waals surface area contributed by atoms with Crippen LogP contribution in [0.1, 0.15) is 16.1 Å². The van der Waals surface area contributed by atoms with Crippen LogP contribution in [0, 0.1) is 6.92 Å². The molecule has 0 aliphatic carbocycles. The zero-order chi connectivity index (χ0) is 20.0. The van der Waals surface area contributed by atoms with Crippen molar-refractivity contribution in [2.75, 3.05) is 37.6 Å². The molecule has 28 heavy (non-hydrogen) atoms. The smallest absolute Gasteiger partial charge is 0.342 e. The van der Waals surface area contributed by atoms with E-state index in [1.807, 2.05) is 22.8 Å². The monoisotopic (exact) mass is 417 g/mol. The summed E-state index contributed by atoms with van der Waals surface area (Å²) < 4.78 is 1.81. The molecule has 2 aromatic heterocycles. The first-order valence-electron chi connectivity index (χ1n) is 9.00. The van der Waals surface area contributed by atoms with Crippen LogP contribution in [0.15, 0.2) is 35.0 Å². The van der Waals surface area contributed by atoms with E-state index >= 15 is 0 Å². The van der Waals surface area contributed by atoms with Gasteiger partial charge in [-0.2, -0.15) is 0 Å². The van der Waals surface area contributed by atoms with E-state index in [-0.39, 0.29) is 5.56 Å². The summed E-state index contributed by atoms with van der Waals surface area (Å²) in [6.45, 7) is 9.84. The van der Waals surface area contributed by atoms with Crippen LogP contribution >= 0.6 is 22.9 Å². The fraction of sp³-hybridized carbons (Fsp3) is 0.300. The zero-order valence-corrected chi connectivity index (χ0v) is 17.0. The quantitative estimate of drug-likeness (QED) is 0.658. The van der Waals surface area contributed by atoms with E-state index in [4.69, 9.17) is 11.6 Å². The van der Waals surface area contributed by atoms with E-state index in [1.54, 1.807) is 12.1 Å². The average Bonchev–Trinajstić information content (AvgIpc) is 3.03. The van der Waals surface area contributed by atoms with E-state index in [0.717, 1.165) is 44.1 Å². The Labute approximate surface area is 170 Å². The Morgan fingerprint density at radius 1 is 1.32 bits per heavy atom. The van der Waals surface area contributed by atoms with E-state index < -0.39 is 11.4 Å². The van der Waals surface area contributed by atoms with E-state index in [9.17, 15) is 14.7 Å². The Kier molecular flexibility index (Phi) is 4.91. The number of carboxylic acids is 1. The van der Waals surface area contributed by atoms with Gasteiger partial charge in [-0.05, 0) is 19.1 Å². The number of aryl methyl sites for hydroxylation is 1. The van der Waals surface area contributed by atoms with Crippen molar-refractivity contribution >= 4 is 50.3 Å². The summed E-state index contributed by atoms with van der Waals surface area (Å²) in [6.07, 6.45) is 1.89. The fourth-order valence-electron chi connectivity index (χ4n) is 3.81. The van der Waals surface area contributed by atoms with Gasteiger partial charge in [0.2, 0.25) is 5.43 Å². The number of benzene rings is 1. The first-order valence-corrected chi connectivity index (χ1v) is 10.3. The van der Waals surface area contributed by atoms with Crippen molar-refractivity contribution in [2.45, 2.75) is 6.92 Å². The highest BCUT2D eigenvalue weighted by Crippen LogP contribution is 2.33. The lowest BCUT2D eigenvalue weighted by atomic mass is 10.1. The van der Waals surface area contributed by atoms with Crippen molar-refractivity contribution in [3.8, 4) is 0 Å². The molecule has 1 saturated heterocycles. The number of aromatic carboxylic acids is 1. The van der Waals surface area contributed by atoms with Crippen LogP contribution in [0.5, 0.6) is 0 Å². The normalized spacial score (nSPS) is 15.4. The minimum absolute atomic E-state index is 0.185. The van der Waals surface area contributed by atoms with Gasteiger partial charge in [-0.25, -0.2) is 4.79 Å². The largest absolute Gasteiger partial charge is 0.477 e. The van der Waals surface area contributed by atoms with Gasteiger partial charge in [0.1, 0.15) is 10.4 Å². The molecule has 146 valence electrons. The number of halogens is 1. The zero-order valence-electron chi connectivity index (χ0n) is 15.4. The van der Waals surface area contributed by atoms with Gasteiger partial charge >= 0.3 is 5.97 Å². The molecule has 8 heteroatoms. The number of rotatable bonds is 4. The summed E-state index contributed by atoms with van der Waals surface area (Å²) in [5.41, 5.74) is 1.63. The Morgan fingerprint density at radius 3 is 2.68 bits per heavy atom. The molecule has 6 nitrogen and oxygen atoms in total. The number of nitrogens with zero attached hydrogens (tertiary/aromatic N) is 3. The molecule has 0 spiro atoms. The number of hydrogen-bond donors (Lipinski definition) is 1. The van der Waals surface area contributed by atoms with Gasteiger partial charge < -0.3 is 14.4 Å². The summed E-state index contributed by atoms with van der Waals surface area (Å²) in [5, 5.41) is 12.4. The van der Waals surface area contributed by atoms with Crippen LogP contribution < -0.4 is 10.3 Å². The van der Waals surface area contributed by atoms with Crippen molar-refractivity contribution in [1.29, 1.82) is 0 Å². The number of piperazine rings is 1. The molecule has 1 fully saturated rings. The SMILES string of the molecule is C=CCN1CCN(c2cc3c(=O)c(C(=O)O)c4scc(C)n4c3cc2Cl)CC1. The molecule has 3 aromatic rings. The predicted molar refractivity (Wildman–Crippen MR) is 115 cm³/mol. The van der Waals surface area contributed by atoms with Crippen molar-refractivity contribution in [3.05, 3.63) is 56.7 Å². The van der Waals surface area contributed by atoms with Crippen molar-refractivity contribution in [3.63, 3.8) is 0 Å². The maximum absolute atomic E-state index is 13.0. The summed E-state index contributed by atoms with van der Waals surface area (Å²) in [4.78, 5) is 29.7. The topological polar surface area (TPSA) is 65.3 Å². The van der Waals surface area contributed by atoms with Crippen molar-refractivity contribution < 1.29 is 9.90 Å². The number of hydrogen-bond acceptors (Lipinski definition) is 5. The van der Waals surface area contributed by atoms with E-state index in [0.29, 0.717) is 20.8 Å². The summed E-state index contributed by atoms with van der Waals surface area (Å²) in [7, 11) is 0. The van der Waals surface area contributed by atoms with Gasteiger partial charge in [-0.1, -0.05) is 17.7 Å². The highest BCUT2D eigenvalue weighted by atomic mass is 35.5. The van der Waals surface area contributed by atoms with Gasteiger partial charge in [-0.3, -0.25) is 9.69 Å². The Hall–Kier alpha value is -2.35. The number of anilines is 1. The van der Waals surface area contributed by atoms with Crippen LogP contribution in [-0.4, -0.2) is 53.1 Å². The maximum atomic E-state index is 13.0. The van der Waals surface area contributed by atoms with Gasteiger partial charge in [0.05, 0.1) is 16.2 Å². The predicted octanol–water partition coefficient (Wildman–Crippen LogP) is 3.48. The molecule has 1 N–H and O–H groups in total. The van der Waals surface area contributed by atoms with Gasteiger partial charge in [-0.15, -0.1) is 17.9 Å². The highest BCUT2D eigenvalue weighted by molar-refractivity contribution is 7.16. The minimum Gasteiger partial charge on any atom is -0.477 e. The average molecular weight is 418 g/mol. The molecule has 1 aliphatic rings. The number of aromatic nitrogens is 1. The lowest BCUT2D eigenvalue weighted by molar-refractivity contribution is 0.0697. The van der Waals surface area contributed by atoms with E-state index in [1.165, 1.54) is 11.3 Å². The van der Waals surface area contributed by atoms with Crippen LogP contribution in [-0.2, 0) is 0 Å². The molecule has 1 aromatic carbocycles. The molecule has 4 rings (SSSR count). The first-order chi connectivity index (χ1) is 13.4. The first kappa shape index (κ1) is 19.0. The maximum Gasteiger partial charge on any atom is 0.342 e. The number of carbonyl (C=O) groups is 1. The third-order valence-electron chi connectivity index (χ3n) is 5.20. The molecule has 1 aliphatic heterocycles. The highest BCUT2D eigenvalue weighted by Gasteiger charge is 2.23. The molecular formula is C20H20ClN3O3S. The molecule has 0 bridgehead atoms. The second kappa shape index (κ2) is 7.24. The van der Waals surface area contributed by atoms with Crippen LogP contribution in [0.4, 0.5) is 5.69 Å². The van der Waals surface area contributed by atoms with Gasteiger partial charge in [0.15, 0.2) is 0 Å². The molecule has 0 atom stereocenters. The molecule has 0 saturated carbocycles. The number of pyridine rings is 1. The van der Waals surface area contributed by atoms with Crippen molar-refractivity contribution in [1.82, 2.24) is 9.30 Å². The van der Waals surface area contributed by atoms with Crippen molar-refractivity contribution in [2.24, 2.45) is 0 Å². The van der Waals surface area contributed by atoms with Gasteiger partial charge in [0, 0.05) is 49.2 Å². The molecular weight excluding hydrogens is 398 g/mol. The standard InChI is InChI=1S/C20H20ClN3O3S/c1-3-4-22-5-7-23(8-6-22)16-9-13-15(10-14(16)21)24-12(2)11-28-19(24)17(18(13)25)20(26)27/h3,9-11H,1,4-8H2,2H3,(H,26,27). The Bertz CT molecular complexity index is 1160. The second-order valence-corrected chi connectivity index (χ2v) is 8.19. The van der Waals surface area contributed by atoms with Gasteiger partial charge in [0.25, 0.3) is 0 Å². The van der Waals surface area contributed by atoms with Crippen LogP contribution in [0.25, 0.3) is 15.7 Å². The summed E-state index contributed by atoms with van der Waals surface area (Å²) >= 11 is 7.86. The minimum atomic E-state index is -1.21. The number of carboxylic acid groups (broad SMARTS) is 1. The summed E-state index contributed by atoms with van der Waals surface area (Å²) in [5.74, 6) is -1.21. The lowest BCUT2D eigenvalue weighted by Crippen LogP contribution is -2.46. The Morgan fingerprint density at radius 2 is 2.04 bits per heavy atom. The molecule has 0 unspecified atom stereocenters. The number of fused-ring (bicyclic) bond motifs is 3. The summed E-state index contributed by atoms with van der Waals surface area (Å²) in [6, 6.07) is 3.53. The van der Waals surface area contributed by atoms with Crippen LogP contribution in [0.3, 0.4) is 0 Å². The molecule has 0 amide bonds. The molecule has 3 heterocycles. The third-order valence-corrected chi connectivity index (χ3v) is 6.57. The molecule has 0 radical (unpaired) electrons. The third kappa shape index (κ3) is 2.99. The Balaban J connectivity index is 1.89. The lowest BCUT2D eigenvalue weighted by Gasteiger charge is -2.36. The second-order valence-electron chi connectivity index (χ2n) is 6.92. The fourth-order valence-corrected chi connectivity index (χ4v) is 5.12. The van der Waals surface area contributed by atoms with E-state index in [2.05, 4.69) is 16.4 Å². The van der Waals surface area contributed by atoms with Crippen LogP contribution in [0.2, 0.25) is 5.02 Å².